The summed E-state index contributed by atoms with van der Waals surface area (Å²) in [7, 11) is 0. The maximum Gasteiger partial charge on any atom is 0.261 e. The van der Waals surface area contributed by atoms with E-state index in [1.807, 2.05) is 37.3 Å². The SMILES string of the molecule is CCN(C(=O)c1cnc(NC2CCCCC2)nc1)c1ccccc1. The molecule has 5 heteroatoms. The molecule has 3 rings (SSSR count). The Kier molecular flexibility index (Phi) is 5.41. The molecule has 0 aliphatic heterocycles. The predicted molar refractivity (Wildman–Crippen MR) is 96.3 cm³/mol. The van der Waals surface area contributed by atoms with E-state index in [0.29, 0.717) is 24.1 Å². The Morgan fingerprint density at radius 3 is 2.42 bits per heavy atom. The lowest BCUT2D eigenvalue weighted by molar-refractivity contribution is 0.0987. The minimum atomic E-state index is -0.0760. The Balaban J connectivity index is 1.68. The number of benzene rings is 1. The van der Waals surface area contributed by atoms with Gasteiger partial charge in [0, 0.05) is 30.7 Å². The van der Waals surface area contributed by atoms with Gasteiger partial charge in [-0.3, -0.25) is 4.79 Å². The zero-order chi connectivity index (χ0) is 16.8. The molecule has 0 spiro atoms. The fraction of sp³-hybridized carbons (Fsp3) is 0.421. The quantitative estimate of drug-likeness (QED) is 0.906. The summed E-state index contributed by atoms with van der Waals surface area (Å²) in [5.41, 5.74) is 1.39. The normalized spacial score (nSPS) is 15.0. The smallest absolute Gasteiger partial charge is 0.261 e. The molecule has 0 atom stereocenters. The summed E-state index contributed by atoms with van der Waals surface area (Å²) >= 11 is 0. The fourth-order valence-electron chi connectivity index (χ4n) is 3.15. The molecule has 1 saturated carbocycles. The number of rotatable bonds is 5. The van der Waals surface area contributed by atoms with Gasteiger partial charge in [-0.1, -0.05) is 37.5 Å². The lowest BCUT2D eigenvalue weighted by atomic mass is 9.96. The monoisotopic (exact) mass is 324 g/mol. The molecule has 0 radical (unpaired) electrons. The van der Waals surface area contributed by atoms with E-state index in [4.69, 9.17) is 0 Å². The molecular weight excluding hydrogens is 300 g/mol. The molecule has 1 N–H and O–H groups in total. The molecule has 0 saturated heterocycles. The number of nitrogens with one attached hydrogen (secondary N) is 1. The van der Waals surface area contributed by atoms with Crippen molar-refractivity contribution in [3.8, 4) is 0 Å². The number of amides is 1. The molecule has 1 aliphatic carbocycles. The number of nitrogens with zero attached hydrogens (tertiary/aromatic N) is 3. The molecule has 0 bridgehead atoms. The Morgan fingerprint density at radius 1 is 1.12 bits per heavy atom. The molecular formula is C19H24N4O. The number of hydrogen-bond acceptors (Lipinski definition) is 4. The van der Waals surface area contributed by atoms with Crippen molar-refractivity contribution in [3.63, 3.8) is 0 Å². The van der Waals surface area contributed by atoms with Gasteiger partial charge in [0.1, 0.15) is 0 Å². The summed E-state index contributed by atoms with van der Waals surface area (Å²) < 4.78 is 0. The van der Waals surface area contributed by atoms with E-state index in [-0.39, 0.29) is 5.91 Å². The van der Waals surface area contributed by atoms with Crippen LogP contribution in [0.25, 0.3) is 0 Å². The van der Waals surface area contributed by atoms with E-state index in [1.165, 1.54) is 32.1 Å². The minimum absolute atomic E-state index is 0.0760. The van der Waals surface area contributed by atoms with Gasteiger partial charge in [-0.15, -0.1) is 0 Å². The first kappa shape index (κ1) is 16.4. The first-order valence-corrected chi connectivity index (χ1v) is 8.73. The zero-order valence-electron chi connectivity index (χ0n) is 14.1. The molecule has 1 amide bonds. The van der Waals surface area contributed by atoms with E-state index in [2.05, 4.69) is 15.3 Å². The van der Waals surface area contributed by atoms with E-state index in [9.17, 15) is 4.79 Å². The molecule has 5 nitrogen and oxygen atoms in total. The zero-order valence-corrected chi connectivity index (χ0v) is 14.1. The topological polar surface area (TPSA) is 58.1 Å². The van der Waals surface area contributed by atoms with Crippen molar-refractivity contribution < 1.29 is 4.79 Å². The van der Waals surface area contributed by atoms with E-state index in [0.717, 1.165) is 5.69 Å². The minimum Gasteiger partial charge on any atom is -0.351 e. The van der Waals surface area contributed by atoms with Crippen LogP contribution in [0.1, 0.15) is 49.4 Å². The first-order valence-electron chi connectivity index (χ1n) is 8.73. The molecule has 1 aromatic carbocycles. The van der Waals surface area contributed by atoms with Crippen molar-refractivity contribution in [2.45, 2.75) is 45.1 Å². The third-order valence-corrected chi connectivity index (χ3v) is 4.47. The number of carbonyl (C=O) groups is 1. The highest BCUT2D eigenvalue weighted by atomic mass is 16.2. The molecule has 1 aliphatic rings. The van der Waals surface area contributed by atoms with Crippen LogP contribution in [0.2, 0.25) is 0 Å². The van der Waals surface area contributed by atoms with Crippen molar-refractivity contribution in [2.75, 3.05) is 16.8 Å². The van der Waals surface area contributed by atoms with Gasteiger partial charge < -0.3 is 10.2 Å². The molecule has 1 heterocycles. The van der Waals surface area contributed by atoms with Crippen LogP contribution in [-0.2, 0) is 0 Å². The lowest BCUT2D eigenvalue weighted by Gasteiger charge is -2.23. The van der Waals surface area contributed by atoms with Gasteiger partial charge in [0.05, 0.1) is 5.56 Å². The van der Waals surface area contributed by atoms with E-state index < -0.39 is 0 Å². The highest BCUT2D eigenvalue weighted by Crippen LogP contribution is 2.20. The second-order valence-corrected chi connectivity index (χ2v) is 6.16. The third-order valence-electron chi connectivity index (χ3n) is 4.47. The number of carbonyl (C=O) groups excluding carboxylic acids is 1. The van der Waals surface area contributed by atoms with Crippen molar-refractivity contribution in [1.29, 1.82) is 0 Å². The van der Waals surface area contributed by atoms with E-state index >= 15 is 0 Å². The highest BCUT2D eigenvalue weighted by Gasteiger charge is 2.18. The molecule has 126 valence electrons. The summed E-state index contributed by atoms with van der Waals surface area (Å²) in [5.74, 6) is 0.536. The average Bonchev–Trinajstić information content (AvgIpc) is 2.65. The van der Waals surface area contributed by atoms with Gasteiger partial charge in [-0.2, -0.15) is 0 Å². The van der Waals surface area contributed by atoms with Crippen LogP contribution in [-0.4, -0.2) is 28.5 Å². The summed E-state index contributed by atoms with van der Waals surface area (Å²) in [6.45, 7) is 2.57. The maximum atomic E-state index is 12.7. The standard InChI is InChI=1S/C19H24N4O/c1-2-23(17-11-7-4-8-12-17)18(24)15-13-20-19(21-14-15)22-16-9-5-3-6-10-16/h4,7-8,11-14,16H,2-3,5-6,9-10H2,1H3,(H,20,21,22). The van der Waals surface area contributed by atoms with Crippen molar-refractivity contribution in [1.82, 2.24) is 9.97 Å². The van der Waals surface area contributed by atoms with Gasteiger partial charge in [0.2, 0.25) is 5.95 Å². The first-order chi connectivity index (χ1) is 11.8. The number of anilines is 2. The van der Waals surface area contributed by atoms with Crippen LogP contribution < -0.4 is 10.2 Å². The van der Waals surface area contributed by atoms with Gasteiger partial charge in [-0.25, -0.2) is 9.97 Å². The van der Waals surface area contributed by atoms with Gasteiger partial charge in [0.15, 0.2) is 0 Å². The molecule has 1 aromatic heterocycles. The van der Waals surface area contributed by atoms with E-state index in [1.54, 1.807) is 17.3 Å². The number of para-hydroxylation sites is 1. The number of hydrogen-bond donors (Lipinski definition) is 1. The number of aromatic nitrogens is 2. The van der Waals surface area contributed by atoms with Crippen molar-refractivity contribution in [2.24, 2.45) is 0 Å². The van der Waals surface area contributed by atoms with Crippen LogP contribution >= 0.6 is 0 Å². The van der Waals surface area contributed by atoms with Gasteiger partial charge in [0.25, 0.3) is 5.91 Å². The molecule has 0 unspecified atom stereocenters. The van der Waals surface area contributed by atoms with Crippen LogP contribution in [0.5, 0.6) is 0 Å². The average molecular weight is 324 g/mol. The second-order valence-electron chi connectivity index (χ2n) is 6.16. The largest absolute Gasteiger partial charge is 0.351 e. The van der Waals surface area contributed by atoms with Crippen LogP contribution in [0.15, 0.2) is 42.7 Å². The highest BCUT2D eigenvalue weighted by molar-refractivity contribution is 6.05. The summed E-state index contributed by atoms with van der Waals surface area (Å²) in [6.07, 6.45) is 9.41. The van der Waals surface area contributed by atoms with Crippen molar-refractivity contribution in [3.05, 3.63) is 48.3 Å². The molecule has 24 heavy (non-hydrogen) atoms. The Hall–Kier alpha value is -2.43. The Morgan fingerprint density at radius 2 is 1.79 bits per heavy atom. The van der Waals surface area contributed by atoms with Crippen LogP contribution in [0, 0.1) is 0 Å². The lowest BCUT2D eigenvalue weighted by Crippen LogP contribution is -2.31. The summed E-state index contributed by atoms with van der Waals surface area (Å²) in [4.78, 5) is 23.1. The molecule has 1 fully saturated rings. The molecule has 2 aromatic rings. The van der Waals surface area contributed by atoms with Crippen molar-refractivity contribution >= 4 is 17.5 Å². The fourth-order valence-corrected chi connectivity index (χ4v) is 3.15. The summed E-state index contributed by atoms with van der Waals surface area (Å²) in [5, 5.41) is 3.37. The van der Waals surface area contributed by atoms with Crippen LogP contribution in [0.3, 0.4) is 0 Å². The maximum absolute atomic E-state index is 12.7. The predicted octanol–water partition coefficient (Wildman–Crippen LogP) is 3.89. The summed E-state index contributed by atoms with van der Waals surface area (Å²) in [6, 6.07) is 10.1. The van der Waals surface area contributed by atoms with Crippen LogP contribution in [0.4, 0.5) is 11.6 Å². The Labute approximate surface area is 143 Å². The Bertz CT molecular complexity index is 651. The third kappa shape index (κ3) is 3.91. The van der Waals surface area contributed by atoms with Gasteiger partial charge >= 0.3 is 0 Å². The van der Waals surface area contributed by atoms with Gasteiger partial charge in [-0.05, 0) is 31.9 Å². The second kappa shape index (κ2) is 7.90.